The van der Waals surface area contributed by atoms with Gasteiger partial charge in [-0.25, -0.2) is 0 Å². The Morgan fingerprint density at radius 2 is 1.80 bits per heavy atom. The molecule has 0 fully saturated rings. The van der Waals surface area contributed by atoms with E-state index in [0.29, 0.717) is 23.7 Å². The molecule has 0 aliphatic rings. The van der Waals surface area contributed by atoms with Gasteiger partial charge in [-0.2, -0.15) is 0 Å². The third kappa shape index (κ3) is 6.23. The summed E-state index contributed by atoms with van der Waals surface area (Å²) < 4.78 is 0. The highest BCUT2D eigenvalue weighted by atomic mass is 35.5. The zero-order valence-electron chi connectivity index (χ0n) is 11.4. The molecular formula is C13H19Cl2N3O2. The summed E-state index contributed by atoms with van der Waals surface area (Å²) in [5, 5.41) is 8.82. The Balaban J connectivity index is 0.00000361. The molecule has 0 spiro atoms. The van der Waals surface area contributed by atoms with Crippen LogP contribution in [0.4, 0.5) is 0 Å². The van der Waals surface area contributed by atoms with E-state index in [2.05, 4.69) is 16.0 Å². The maximum atomic E-state index is 11.9. The fourth-order valence-electron chi connectivity index (χ4n) is 1.41. The minimum atomic E-state index is -0.583. The number of hydrogen-bond donors (Lipinski definition) is 3. The smallest absolute Gasteiger partial charge is 0.251 e. The van der Waals surface area contributed by atoms with Gasteiger partial charge in [-0.3, -0.25) is 9.59 Å². The molecule has 0 saturated carbocycles. The summed E-state index contributed by atoms with van der Waals surface area (Å²) in [4.78, 5) is 23.5. The molecule has 1 unspecified atom stereocenters. The summed E-state index contributed by atoms with van der Waals surface area (Å²) >= 11 is 5.74. The number of amides is 2. The SMILES string of the molecule is CNCCNC(=O)C(C)NC(=O)c1ccc(Cl)cc1.Cl. The number of nitrogens with one attached hydrogen (secondary N) is 3. The van der Waals surface area contributed by atoms with E-state index in [1.54, 1.807) is 38.2 Å². The molecule has 20 heavy (non-hydrogen) atoms. The molecule has 0 bridgehead atoms. The molecule has 2 amide bonds. The van der Waals surface area contributed by atoms with E-state index < -0.39 is 6.04 Å². The lowest BCUT2D eigenvalue weighted by molar-refractivity contribution is -0.122. The Morgan fingerprint density at radius 3 is 2.35 bits per heavy atom. The van der Waals surface area contributed by atoms with E-state index in [1.807, 2.05) is 0 Å². The minimum Gasteiger partial charge on any atom is -0.353 e. The Hall–Kier alpha value is -1.30. The minimum absolute atomic E-state index is 0. The summed E-state index contributed by atoms with van der Waals surface area (Å²) in [5.41, 5.74) is 0.472. The van der Waals surface area contributed by atoms with Crippen molar-refractivity contribution in [1.82, 2.24) is 16.0 Å². The third-order valence-corrected chi connectivity index (χ3v) is 2.77. The van der Waals surface area contributed by atoms with Crippen LogP contribution in [-0.4, -0.2) is 38.0 Å². The van der Waals surface area contributed by atoms with Crippen LogP contribution in [0.15, 0.2) is 24.3 Å². The van der Waals surface area contributed by atoms with Gasteiger partial charge in [-0.05, 0) is 38.2 Å². The number of halogens is 2. The fraction of sp³-hybridized carbons (Fsp3) is 0.385. The number of hydrogen-bond acceptors (Lipinski definition) is 3. The maximum Gasteiger partial charge on any atom is 0.251 e. The van der Waals surface area contributed by atoms with Crippen molar-refractivity contribution in [3.63, 3.8) is 0 Å². The molecule has 0 saturated heterocycles. The quantitative estimate of drug-likeness (QED) is 0.690. The number of carbonyl (C=O) groups excluding carboxylic acids is 2. The van der Waals surface area contributed by atoms with Gasteiger partial charge in [0.15, 0.2) is 0 Å². The zero-order chi connectivity index (χ0) is 14.3. The average Bonchev–Trinajstić information content (AvgIpc) is 2.39. The Kier molecular flexibility index (Phi) is 8.96. The highest BCUT2D eigenvalue weighted by Crippen LogP contribution is 2.09. The Labute approximate surface area is 129 Å². The highest BCUT2D eigenvalue weighted by molar-refractivity contribution is 6.30. The summed E-state index contributed by atoms with van der Waals surface area (Å²) in [6.07, 6.45) is 0. The van der Waals surface area contributed by atoms with Crippen molar-refractivity contribution in [3.05, 3.63) is 34.9 Å². The van der Waals surface area contributed by atoms with Gasteiger partial charge in [-0.1, -0.05) is 11.6 Å². The van der Waals surface area contributed by atoms with Gasteiger partial charge >= 0.3 is 0 Å². The van der Waals surface area contributed by atoms with E-state index in [9.17, 15) is 9.59 Å². The number of likely N-dealkylation sites (N-methyl/N-ethyl adjacent to an activating group) is 1. The number of benzene rings is 1. The summed E-state index contributed by atoms with van der Waals surface area (Å²) in [6, 6.07) is 5.91. The molecule has 1 rings (SSSR count). The second-order valence-corrected chi connectivity index (χ2v) is 4.53. The van der Waals surface area contributed by atoms with E-state index in [-0.39, 0.29) is 24.2 Å². The van der Waals surface area contributed by atoms with Gasteiger partial charge in [0.1, 0.15) is 6.04 Å². The van der Waals surface area contributed by atoms with Crippen LogP contribution >= 0.6 is 24.0 Å². The molecule has 0 aliphatic carbocycles. The average molecular weight is 320 g/mol. The van der Waals surface area contributed by atoms with Crippen molar-refractivity contribution < 1.29 is 9.59 Å². The van der Waals surface area contributed by atoms with Gasteiger partial charge in [0.05, 0.1) is 0 Å². The monoisotopic (exact) mass is 319 g/mol. The second-order valence-electron chi connectivity index (χ2n) is 4.10. The Morgan fingerprint density at radius 1 is 1.20 bits per heavy atom. The number of carbonyl (C=O) groups is 2. The number of rotatable bonds is 6. The van der Waals surface area contributed by atoms with Crippen molar-refractivity contribution in [2.24, 2.45) is 0 Å². The predicted molar refractivity (Wildman–Crippen MR) is 82.6 cm³/mol. The molecule has 1 atom stereocenters. The summed E-state index contributed by atoms with van der Waals surface area (Å²) in [6.45, 7) is 2.85. The lowest BCUT2D eigenvalue weighted by Gasteiger charge is -2.14. The second kappa shape index (κ2) is 9.58. The van der Waals surface area contributed by atoms with E-state index in [1.165, 1.54) is 0 Å². The van der Waals surface area contributed by atoms with Gasteiger partial charge in [0.2, 0.25) is 5.91 Å². The van der Waals surface area contributed by atoms with Crippen LogP contribution < -0.4 is 16.0 Å². The molecule has 7 heteroatoms. The first-order chi connectivity index (χ1) is 9.04. The first kappa shape index (κ1) is 18.7. The summed E-state index contributed by atoms with van der Waals surface area (Å²) in [7, 11) is 1.80. The predicted octanol–water partition coefficient (Wildman–Crippen LogP) is 1.22. The van der Waals surface area contributed by atoms with Crippen LogP contribution in [0.2, 0.25) is 5.02 Å². The molecule has 0 aromatic heterocycles. The van der Waals surface area contributed by atoms with Crippen LogP contribution in [0.5, 0.6) is 0 Å². The molecule has 0 aliphatic heterocycles. The first-order valence-corrected chi connectivity index (χ1v) is 6.41. The van der Waals surface area contributed by atoms with Crippen molar-refractivity contribution in [1.29, 1.82) is 0 Å². The molecule has 3 N–H and O–H groups in total. The van der Waals surface area contributed by atoms with Crippen LogP contribution in [0, 0.1) is 0 Å². The molecule has 112 valence electrons. The van der Waals surface area contributed by atoms with Crippen molar-refractivity contribution >= 4 is 35.8 Å². The molecule has 0 radical (unpaired) electrons. The molecular weight excluding hydrogens is 301 g/mol. The van der Waals surface area contributed by atoms with Crippen molar-refractivity contribution in [3.8, 4) is 0 Å². The Bertz CT molecular complexity index is 438. The zero-order valence-corrected chi connectivity index (χ0v) is 13.0. The maximum absolute atomic E-state index is 11.9. The van der Waals surface area contributed by atoms with Crippen LogP contribution in [0.3, 0.4) is 0 Å². The van der Waals surface area contributed by atoms with Crippen molar-refractivity contribution in [2.75, 3.05) is 20.1 Å². The lowest BCUT2D eigenvalue weighted by Crippen LogP contribution is -2.46. The van der Waals surface area contributed by atoms with Gasteiger partial charge in [-0.15, -0.1) is 12.4 Å². The van der Waals surface area contributed by atoms with Gasteiger partial charge < -0.3 is 16.0 Å². The van der Waals surface area contributed by atoms with Gasteiger partial charge in [0.25, 0.3) is 5.91 Å². The van der Waals surface area contributed by atoms with E-state index in [0.717, 1.165) is 0 Å². The molecule has 5 nitrogen and oxygen atoms in total. The normalized spacial score (nSPS) is 11.2. The van der Waals surface area contributed by atoms with Crippen molar-refractivity contribution in [2.45, 2.75) is 13.0 Å². The van der Waals surface area contributed by atoms with Crippen LogP contribution in [0.25, 0.3) is 0 Å². The largest absolute Gasteiger partial charge is 0.353 e. The standard InChI is InChI=1S/C13H18ClN3O2.ClH/c1-9(12(18)16-8-7-15-2)17-13(19)10-3-5-11(14)6-4-10;/h3-6,9,15H,7-8H2,1-2H3,(H,16,18)(H,17,19);1H. The third-order valence-electron chi connectivity index (χ3n) is 2.52. The molecule has 1 aromatic carbocycles. The fourth-order valence-corrected chi connectivity index (χ4v) is 1.54. The van der Waals surface area contributed by atoms with Crippen LogP contribution in [-0.2, 0) is 4.79 Å². The van der Waals surface area contributed by atoms with E-state index >= 15 is 0 Å². The van der Waals surface area contributed by atoms with E-state index in [4.69, 9.17) is 11.6 Å². The summed E-state index contributed by atoms with van der Waals surface area (Å²) in [5.74, 6) is -0.509. The lowest BCUT2D eigenvalue weighted by atomic mass is 10.2. The van der Waals surface area contributed by atoms with Crippen LogP contribution in [0.1, 0.15) is 17.3 Å². The highest BCUT2D eigenvalue weighted by Gasteiger charge is 2.15. The first-order valence-electron chi connectivity index (χ1n) is 6.03. The van der Waals surface area contributed by atoms with Gasteiger partial charge in [0, 0.05) is 23.7 Å². The topological polar surface area (TPSA) is 70.2 Å². The molecule has 0 heterocycles. The molecule has 1 aromatic rings.